The van der Waals surface area contributed by atoms with E-state index >= 15 is 0 Å². The summed E-state index contributed by atoms with van der Waals surface area (Å²) in [6.07, 6.45) is -1.73. The molecular weight excluding hydrogens is 297 g/mol. The lowest BCUT2D eigenvalue weighted by Crippen LogP contribution is -1.96. The number of pyridine rings is 1. The summed E-state index contributed by atoms with van der Waals surface area (Å²) in [6, 6.07) is 0.784. The number of halogens is 3. The first-order valence-corrected chi connectivity index (χ1v) is 4.18. The minimum atomic E-state index is -2.78. The molecule has 4 nitrogen and oxygen atoms in total. The molecule has 1 rings (SSSR count). The summed E-state index contributed by atoms with van der Waals surface area (Å²) < 4.78 is 24.4. The molecule has 0 fully saturated rings. The maximum atomic E-state index is 12.1. The molecule has 0 amide bonds. The Morgan fingerprint density at radius 3 is 2.69 bits per heavy atom. The van der Waals surface area contributed by atoms with E-state index in [-0.39, 0.29) is 9.26 Å². The van der Waals surface area contributed by atoms with Crippen molar-refractivity contribution in [1.29, 1.82) is 0 Å². The van der Waals surface area contributed by atoms with Crippen molar-refractivity contribution in [1.82, 2.24) is 4.98 Å². The second kappa shape index (κ2) is 3.90. The van der Waals surface area contributed by atoms with Crippen LogP contribution < -0.4 is 0 Å². The van der Waals surface area contributed by atoms with Crippen LogP contribution in [0.2, 0.25) is 0 Å². The summed E-state index contributed by atoms with van der Waals surface area (Å²) in [5.41, 5.74) is -0.919. The average molecular weight is 300 g/mol. The zero-order valence-electron chi connectivity index (χ0n) is 6.08. The predicted molar refractivity (Wildman–Crippen MR) is 48.6 cm³/mol. The largest absolute Gasteiger partial charge is 0.286 e. The minimum Gasteiger partial charge on any atom is -0.258 e. The monoisotopic (exact) mass is 300 g/mol. The van der Waals surface area contributed by atoms with Gasteiger partial charge in [0.15, 0.2) is 0 Å². The lowest BCUT2D eigenvalue weighted by atomic mass is 10.3. The first-order chi connectivity index (χ1) is 6.02. The highest BCUT2D eigenvalue weighted by Gasteiger charge is 2.17. The van der Waals surface area contributed by atoms with Gasteiger partial charge in [0.05, 0.1) is 4.92 Å². The second-order valence-corrected chi connectivity index (χ2v) is 3.28. The van der Waals surface area contributed by atoms with Crippen molar-refractivity contribution >= 4 is 28.3 Å². The molecule has 0 bridgehead atoms. The lowest BCUT2D eigenvalue weighted by Gasteiger charge is -1.99. The van der Waals surface area contributed by atoms with Gasteiger partial charge in [0.2, 0.25) is 0 Å². The highest BCUT2D eigenvalue weighted by Crippen LogP contribution is 2.24. The highest BCUT2D eigenvalue weighted by atomic mass is 127. The van der Waals surface area contributed by atoms with E-state index in [1.54, 1.807) is 22.6 Å². The second-order valence-electron chi connectivity index (χ2n) is 2.12. The summed E-state index contributed by atoms with van der Waals surface area (Å²) in [5, 5.41) is 10.3. The fourth-order valence-electron chi connectivity index (χ4n) is 0.703. The zero-order valence-corrected chi connectivity index (χ0v) is 8.23. The van der Waals surface area contributed by atoms with E-state index in [2.05, 4.69) is 4.98 Å². The van der Waals surface area contributed by atoms with Gasteiger partial charge in [-0.3, -0.25) is 15.1 Å². The zero-order chi connectivity index (χ0) is 10.0. The minimum absolute atomic E-state index is 0.243. The van der Waals surface area contributed by atoms with E-state index in [0.29, 0.717) is 0 Å². The Bertz CT molecular complexity index is 345. The Kier molecular flexibility index (Phi) is 3.07. The quantitative estimate of drug-likeness (QED) is 0.479. The fourth-order valence-corrected chi connectivity index (χ4v) is 1.19. The van der Waals surface area contributed by atoms with Gasteiger partial charge in [0, 0.05) is 12.3 Å². The molecular formula is C6H3F2IN2O2. The van der Waals surface area contributed by atoms with Gasteiger partial charge in [-0.2, -0.15) is 0 Å². The molecule has 7 heteroatoms. The van der Waals surface area contributed by atoms with Gasteiger partial charge in [0.25, 0.3) is 12.1 Å². The lowest BCUT2D eigenvalue weighted by molar-refractivity contribution is -0.386. The first-order valence-electron chi connectivity index (χ1n) is 3.10. The van der Waals surface area contributed by atoms with Gasteiger partial charge in [-0.05, 0) is 22.6 Å². The molecule has 0 aliphatic heterocycles. The van der Waals surface area contributed by atoms with Crippen molar-refractivity contribution in [3.8, 4) is 0 Å². The number of alkyl halides is 2. The summed E-state index contributed by atoms with van der Waals surface area (Å²) in [5.74, 6) is 0. The number of rotatable bonds is 2. The molecule has 0 aliphatic carbocycles. The summed E-state index contributed by atoms with van der Waals surface area (Å²) in [6.45, 7) is 0. The van der Waals surface area contributed by atoms with E-state index in [1.165, 1.54) is 0 Å². The predicted octanol–water partition coefficient (Wildman–Crippen LogP) is 2.53. The molecule has 0 unspecified atom stereocenters. The van der Waals surface area contributed by atoms with Gasteiger partial charge in [-0.15, -0.1) is 0 Å². The van der Waals surface area contributed by atoms with Crippen LogP contribution in [0, 0.1) is 13.7 Å². The highest BCUT2D eigenvalue weighted by molar-refractivity contribution is 14.1. The van der Waals surface area contributed by atoms with E-state index in [4.69, 9.17) is 0 Å². The molecule has 0 spiro atoms. The van der Waals surface area contributed by atoms with Crippen LogP contribution in [-0.4, -0.2) is 9.91 Å². The van der Waals surface area contributed by atoms with Crippen molar-refractivity contribution < 1.29 is 13.7 Å². The van der Waals surface area contributed by atoms with Crippen LogP contribution in [0.15, 0.2) is 12.3 Å². The third-order valence-corrected chi connectivity index (χ3v) is 2.11. The van der Waals surface area contributed by atoms with Crippen LogP contribution in [0.1, 0.15) is 12.1 Å². The van der Waals surface area contributed by atoms with E-state index in [0.717, 1.165) is 12.3 Å². The smallest absolute Gasteiger partial charge is 0.258 e. The number of hydrogen-bond acceptors (Lipinski definition) is 3. The third-order valence-electron chi connectivity index (χ3n) is 1.28. The van der Waals surface area contributed by atoms with Gasteiger partial charge in [-0.1, -0.05) is 0 Å². The van der Waals surface area contributed by atoms with Crippen molar-refractivity contribution in [3.63, 3.8) is 0 Å². The van der Waals surface area contributed by atoms with E-state index in [1.807, 2.05) is 0 Å². The molecule has 0 radical (unpaired) electrons. The molecule has 0 atom stereocenters. The van der Waals surface area contributed by atoms with Gasteiger partial charge < -0.3 is 0 Å². The molecule has 13 heavy (non-hydrogen) atoms. The molecule has 1 heterocycles. The van der Waals surface area contributed by atoms with Crippen LogP contribution in [-0.2, 0) is 0 Å². The van der Waals surface area contributed by atoms with Crippen molar-refractivity contribution in [2.75, 3.05) is 0 Å². The number of nitro groups is 1. The summed E-state index contributed by atoms with van der Waals surface area (Å²) in [7, 11) is 0. The van der Waals surface area contributed by atoms with Crippen molar-refractivity contribution in [3.05, 3.63) is 31.6 Å². The third kappa shape index (κ3) is 2.29. The van der Waals surface area contributed by atoms with Crippen LogP contribution in [0.3, 0.4) is 0 Å². The van der Waals surface area contributed by atoms with Gasteiger partial charge >= 0.3 is 0 Å². The summed E-state index contributed by atoms with van der Waals surface area (Å²) in [4.78, 5) is 13.0. The van der Waals surface area contributed by atoms with Crippen LogP contribution >= 0.6 is 22.6 Å². The molecule has 1 aromatic heterocycles. The van der Waals surface area contributed by atoms with Crippen LogP contribution in [0.5, 0.6) is 0 Å². The Labute approximate surface area is 85.3 Å². The molecule has 0 N–H and O–H groups in total. The Balaban J connectivity index is 3.19. The maximum absolute atomic E-state index is 12.1. The maximum Gasteiger partial charge on any atom is 0.286 e. The molecule has 0 saturated carbocycles. The Morgan fingerprint density at radius 1 is 1.62 bits per heavy atom. The standard InChI is InChI=1S/C6H3F2IN2O2/c7-6(8)4-1-5(11(12)13)3(9)2-10-4/h1-2,6H. The van der Waals surface area contributed by atoms with E-state index < -0.39 is 17.0 Å². The number of aromatic nitrogens is 1. The number of nitrogens with zero attached hydrogens (tertiary/aromatic N) is 2. The molecule has 0 aromatic carbocycles. The normalized spacial score (nSPS) is 10.5. The van der Waals surface area contributed by atoms with Crippen LogP contribution in [0.4, 0.5) is 14.5 Å². The van der Waals surface area contributed by atoms with Gasteiger partial charge in [-0.25, -0.2) is 8.78 Å². The van der Waals surface area contributed by atoms with Crippen molar-refractivity contribution in [2.45, 2.75) is 6.43 Å². The Morgan fingerprint density at radius 2 is 2.23 bits per heavy atom. The average Bonchev–Trinajstić information content (AvgIpc) is 2.04. The fraction of sp³-hybridized carbons (Fsp3) is 0.167. The molecule has 70 valence electrons. The molecule has 0 saturated heterocycles. The summed E-state index contributed by atoms with van der Waals surface area (Å²) >= 11 is 1.67. The topological polar surface area (TPSA) is 56.0 Å². The van der Waals surface area contributed by atoms with Crippen LogP contribution in [0.25, 0.3) is 0 Å². The van der Waals surface area contributed by atoms with Gasteiger partial charge in [0.1, 0.15) is 9.26 Å². The molecule has 0 aliphatic rings. The Hall–Kier alpha value is -0.860. The number of hydrogen-bond donors (Lipinski definition) is 0. The van der Waals surface area contributed by atoms with E-state index in [9.17, 15) is 18.9 Å². The SMILES string of the molecule is O=[N+]([O-])c1cc(C(F)F)ncc1I. The molecule has 1 aromatic rings. The van der Waals surface area contributed by atoms with Crippen molar-refractivity contribution in [2.24, 2.45) is 0 Å². The first kappa shape index (κ1) is 10.2.